The van der Waals surface area contributed by atoms with Crippen LogP contribution in [-0.4, -0.2) is 11.9 Å². The van der Waals surface area contributed by atoms with Gasteiger partial charge in [-0.1, -0.05) is 0 Å². The molecule has 0 aromatic heterocycles. The predicted molar refractivity (Wildman–Crippen MR) is 78.5 cm³/mol. The summed E-state index contributed by atoms with van der Waals surface area (Å²) < 4.78 is 0. The Morgan fingerprint density at radius 1 is 0.762 bits per heavy atom. The van der Waals surface area contributed by atoms with Gasteiger partial charge in [-0.05, 0) is 12.8 Å². The van der Waals surface area contributed by atoms with Crippen LogP contribution in [0.2, 0.25) is 0 Å². The van der Waals surface area contributed by atoms with Gasteiger partial charge in [0.2, 0.25) is 0 Å². The molecule has 0 aliphatic rings. The molecular formula is C18H14O2Zn. The second-order valence-corrected chi connectivity index (χ2v) is 3.87. The van der Waals surface area contributed by atoms with Crippen LogP contribution < -0.4 is 0 Å². The summed E-state index contributed by atoms with van der Waals surface area (Å²) in [6, 6.07) is 20.8. The monoisotopic (exact) mass is 326 g/mol. The zero-order chi connectivity index (χ0) is 14.5. The van der Waals surface area contributed by atoms with Crippen molar-refractivity contribution >= 4 is 11.9 Å². The quantitative estimate of drug-likeness (QED) is 0.491. The average Bonchev–Trinajstić information content (AvgIpc) is 2.53. The standard InChI is InChI=1S/2C9H7O.Zn/c2*10-8-4-7-9-5-2-1-3-6-9;/h2*2-6H,7H2;/q2*-1;+2. The fraction of sp³-hybridized carbons (Fsp3) is 0.111. The van der Waals surface area contributed by atoms with Crippen molar-refractivity contribution < 1.29 is 29.1 Å². The van der Waals surface area contributed by atoms with Crippen molar-refractivity contribution in [3.63, 3.8) is 0 Å². The Hall–Kier alpha value is -2.04. The Morgan fingerprint density at radius 2 is 1.10 bits per heavy atom. The first kappa shape index (κ1) is 19.0. The van der Waals surface area contributed by atoms with Gasteiger partial charge in [-0.3, -0.25) is 0 Å². The van der Waals surface area contributed by atoms with Gasteiger partial charge < -0.3 is 0 Å². The number of hydrogen-bond acceptors (Lipinski definition) is 2. The molecule has 2 aromatic carbocycles. The van der Waals surface area contributed by atoms with E-state index in [4.69, 9.17) is 0 Å². The molecule has 0 heterocycles. The Balaban J connectivity index is 0.000000364. The molecule has 0 radical (unpaired) electrons. The van der Waals surface area contributed by atoms with Crippen molar-refractivity contribution in [3.8, 4) is 0 Å². The van der Waals surface area contributed by atoms with Gasteiger partial charge in [-0.25, -0.2) is 9.59 Å². The SMILES string of the molecule is O=C=CCc1cc[c-]cc1.O=C=CCc1cc[c-]cc1.[Zn+2]. The van der Waals surface area contributed by atoms with Gasteiger partial charge in [-0.2, -0.15) is 71.8 Å². The maximum Gasteiger partial charge on any atom is 2.00 e. The summed E-state index contributed by atoms with van der Waals surface area (Å²) in [4.78, 5) is 19.6. The van der Waals surface area contributed by atoms with E-state index in [1.54, 1.807) is 11.9 Å². The summed E-state index contributed by atoms with van der Waals surface area (Å²) in [5.74, 6) is 3.46. The first-order valence-electron chi connectivity index (χ1n) is 6.15. The maximum atomic E-state index is 9.79. The molecule has 0 aliphatic carbocycles. The molecular weight excluding hydrogens is 314 g/mol. The van der Waals surface area contributed by atoms with Gasteiger partial charge in [0.15, 0.2) is 0 Å². The van der Waals surface area contributed by atoms with Crippen molar-refractivity contribution in [2.24, 2.45) is 0 Å². The summed E-state index contributed by atoms with van der Waals surface area (Å²) in [6.45, 7) is 0. The first-order valence-corrected chi connectivity index (χ1v) is 6.15. The molecule has 0 N–H and O–H groups in total. The molecule has 21 heavy (non-hydrogen) atoms. The Bertz CT molecular complexity index is 526. The third kappa shape index (κ3) is 9.49. The van der Waals surface area contributed by atoms with Crippen LogP contribution in [0.25, 0.3) is 0 Å². The minimum atomic E-state index is 0. The van der Waals surface area contributed by atoms with E-state index >= 15 is 0 Å². The molecule has 0 saturated heterocycles. The van der Waals surface area contributed by atoms with Gasteiger partial charge in [0.05, 0.1) is 0 Å². The molecule has 0 aliphatic heterocycles. The molecule has 2 nitrogen and oxygen atoms in total. The maximum absolute atomic E-state index is 9.79. The molecule has 0 unspecified atom stereocenters. The minimum Gasteiger partial charge on any atom is -0.234 e. The second kappa shape index (κ2) is 13.0. The minimum absolute atomic E-state index is 0. The largest absolute Gasteiger partial charge is 2.00 e. The second-order valence-electron chi connectivity index (χ2n) is 3.87. The molecule has 0 fully saturated rings. The predicted octanol–water partition coefficient (Wildman–Crippen LogP) is 2.83. The van der Waals surface area contributed by atoms with E-state index in [9.17, 15) is 9.59 Å². The smallest absolute Gasteiger partial charge is 0.234 e. The van der Waals surface area contributed by atoms with Crippen LogP contribution in [0.3, 0.4) is 0 Å². The number of hydrogen-bond donors (Lipinski definition) is 0. The Kier molecular flexibility index (Phi) is 11.7. The third-order valence-electron chi connectivity index (χ3n) is 2.42. The summed E-state index contributed by atoms with van der Waals surface area (Å²) >= 11 is 0. The Labute approximate surface area is 138 Å². The van der Waals surface area contributed by atoms with Crippen LogP contribution >= 0.6 is 0 Å². The van der Waals surface area contributed by atoms with Gasteiger partial charge in [-0.15, -0.1) is 0 Å². The number of allylic oxidation sites excluding steroid dienone is 2. The van der Waals surface area contributed by atoms with E-state index in [1.165, 1.54) is 12.2 Å². The number of benzene rings is 2. The molecule has 2 aromatic rings. The summed E-state index contributed by atoms with van der Waals surface area (Å²) in [6.07, 6.45) is 4.26. The molecule has 0 atom stereocenters. The summed E-state index contributed by atoms with van der Waals surface area (Å²) in [5.41, 5.74) is 2.23. The summed E-state index contributed by atoms with van der Waals surface area (Å²) in [5, 5.41) is 0. The number of carbonyl (C=O) groups excluding carboxylic acids is 2. The molecule has 0 spiro atoms. The number of rotatable bonds is 4. The normalized spacial score (nSPS) is 8.00. The zero-order valence-corrected chi connectivity index (χ0v) is 14.7. The molecule has 0 bridgehead atoms. The average molecular weight is 328 g/mol. The van der Waals surface area contributed by atoms with Crippen LogP contribution in [0.5, 0.6) is 0 Å². The van der Waals surface area contributed by atoms with Crippen LogP contribution in [0.15, 0.2) is 60.7 Å². The van der Waals surface area contributed by atoms with Gasteiger partial charge in [0.25, 0.3) is 0 Å². The molecule has 3 heteroatoms. The molecule has 2 rings (SSSR count). The van der Waals surface area contributed by atoms with E-state index in [0.29, 0.717) is 12.8 Å². The van der Waals surface area contributed by atoms with E-state index in [0.717, 1.165) is 11.1 Å². The van der Waals surface area contributed by atoms with E-state index in [-0.39, 0.29) is 19.5 Å². The van der Waals surface area contributed by atoms with Crippen LogP contribution in [0.4, 0.5) is 0 Å². The zero-order valence-electron chi connectivity index (χ0n) is 11.7. The van der Waals surface area contributed by atoms with Crippen molar-refractivity contribution in [2.75, 3.05) is 0 Å². The van der Waals surface area contributed by atoms with Crippen molar-refractivity contribution in [3.05, 3.63) is 83.9 Å². The summed E-state index contributed by atoms with van der Waals surface area (Å²) in [7, 11) is 0. The van der Waals surface area contributed by atoms with Gasteiger partial charge in [0, 0.05) is 12.2 Å². The van der Waals surface area contributed by atoms with Crippen molar-refractivity contribution in [1.82, 2.24) is 0 Å². The van der Waals surface area contributed by atoms with Gasteiger partial charge in [0.1, 0.15) is 11.9 Å². The van der Waals surface area contributed by atoms with E-state index in [2.05, 4.69) is 12.1 Å². The van der Waals surface area contributed by atoms with E-state index < -0.39 is 0 Å². The third-order valence-corrected chi connectivity index (χ3v) is 2.42. The Morgan fingerprint density at radius 3 is 1.38 bits per heavy atom. The fourth-order valence-electron chi connectivity index (χ4n) is 1.43. The first-order chi connectivity index (χ1) is 9.86. The van der Waals surface area contributed by atoms with Gasteiger partial charge >= 0.3 is 19.5 Å². The van der Waals surface area contributed by atoms with Crippen LogP contribution in [-0.2, 0) is 41.9 Å². The molecule has 0 amide bonds. The fourth-order valence-corrected chi connectivity index (χ4v) is 1.43. The van der Waals surface area contributed by atoms with Crippen molar-refractivity contribution in [1.29, 1.82) is 0 Å². The topological polar surface area (TPSA) is 34.1 Å². The van der Waals surface area contributed by atoms with E-state index in [1.807, 2.05) is 48.5 Å². The van der Waals surface area contributed by atoms with Crippen LogP contribution in [0.1, 0.15) is 11.1 Å². The van der Waals surface area contributed by atoms with Crippen LogP contribution in [0, 0.1) is 12.1 Å². The molecule has 0 saturated carbocycles. The molecule has 100 valence electrons. The van der Waals surface area contributed by atoms with Crippen molar-refractivity contribution in [2.45, 2.75) is 12.8 Å².